The summed E-state index contributed by atoms with van der Waals surface area (Å²) in [5.74, 6) is 0. The van der Waals surface area contributed by atoms with Gasteiger partial charge in [-0.05, 0) is 27.6 Å². The molecule has 0 spiro atoms. The summed E-state index contributed by atoms with van der Waals surface area (Å²) in [5, 5.41) is 0. The van der Waals surface area contributed by atoms with E-state index in [0.29, 0.717) is 0 Å². The molecule has 12 heavy (non-hydrogen) atoms. The minimum atomic E-state index is 0. The van der Waals surface area contributed by atoms with Crippen molar-refractivity contribution in [2.45, 2.75) is 6.42 Å². The second-order valence-corrected chi connectivity index (χ2v) is 1.09. The van der Waals surface area contributed by atoms with Gasteiger partial charge < -0.3 is 17.2 Å². The molecule has 0 amide bonds. The van der Waals surface area contributed by atoms with E-state index in [1.807, 2.05) is 0 Å². The summed E-state index contributed by atoms with van der Waals surface area (Å²) >= 11 is 0. The van der Waals surface area contributed by atoms with Gasteiger partial charge in [-0.25, -0.2) is 0 Å². The second kappa shape index (κ2) is 43.7. The number of hydrogen-bond acceptors (Lipinski definition) is 3. The van der Waals surface area contributed by atoms with Crippen LogP contribution < -0.4 is 17.2 Å². The van der Waals surface area contributed by atoms with Crippen LogP contribution in [0, 0.1) is 0 Å². The third-order valence-electron chi connectivity index (χ3n) is 0.655. The fourth-order valence-electron chi connectivity index (χ4n) is 0.393. The van der Waals surface area contributed by atoms with Crippen LogP contribution in [0.4, 0.5) is 0 Å². The zero-order valence-corrected chi connectivity index (χ0v) is 9.81. The van der Waals surface area contributed by atoms with Gasteiger partial charge in [0, 0.05) is 21.7 Å². The van der Waals surface area contributed by atoms with Crippen molar-refractivity contribution >= 4 is 0 Å². The molecule has 0 aromatic carbocycles. The average molecular weight is 207 g/mol. The smallest absolute Gasteiger partial charge is 0 e. The van der Waals surface area contributed by atoms with Gasteiger partial charge in [-0.1, -0.05) is 24.3 Å². The van der Waals surface area contributed by atoms with Gasteiger partial charge in [0.05, 0.1) is 0 Å². The molecule has 0 aromatic heterocycles. The topological polar surface area (TPSA) is 78.1 Å². The predicted molar refractivity (Wildman–Crippen MR) is 53.2 cm³/mol. The summed E-state index contributed by atoms with van der Waals surface area (Å²) in [6, 6.07) is 0. The van der Waals surface area contributed by atoms with Gasteiger partial charge >= 0.3 is 0 Å². The molecular formula is C8H21N3Ti. The van der Waals surface area contributed by atoms with Gasteiger partial charge in [-0.3, -0.25) is 0 Å². The van der Waals surface area contributed by atoms with Crippen LogP contribution in [-0.2, 0) is 21.7 Å². The largest absolute Gasteiger partial charge is 0.333 e. The fraction of sp³-hybridized carbons (Fsp3) is 0.500. The summed E-state index contributed by atoms with van der Waals surface area (Å²) in [4.78, 5) is 0. The molecule has 0 atom stereocenters. The molecule has 0 heterocycles. The maximum Gasteiger partial charge on any atom is 0 e. The number of hydrogen-bond donors (Lipinski definition) is 3. The van der Waals surface area contributed by atoms with Crippen molar-refractivity contribution in [3.63, 3.8) is 0 Å². The second-order valence-electron chi connectivity index (χ2n) is 1.09. The van der Waals surface area contributed by atoms with E-state index >= 15 is 0 Å². The van der Waals surface area contributed by atoms with E-state index in [0.717, 1.165) is 6.42 Å². The molecule has 0 saturated heterocycles. The van der Waals surface area contributed by atoms with Crippen molar-refractivity contribution in [1.82, 2.24) is 0 Å². The molecule has 0 unspecified atom stereocenters. The Morgan fingerprint density at radius 1 is 0.750 bits per heavy atom. The first-order valence-corrected chi connectivity index (χ1v) is 3.55. The molecular weight excluding hydrogens is 186 g/mol. The van der Waals surface area contributed by atoms with Crippen molar-refractivity contribution in [3.05, 3.63) is 24.3 Å². The van der Waals surface area contributed by atoms with Crippen molar-refractivity contribution in [3.8, 4) is 0 Å². The third-order valence-corrected chi connectivity index (χ3v) is 0.655. The van der Waals surface area contributed by atoms with Gasteiger partial charge in [0.2, 0.25) is 0 Å². The molecule has 0 fully saturated rings. The van der Waals surface area contributed by atoms with Crippen LogP contribution in [0.2, 0.25) is 0 Å². The summed E-state index contributed by atoms with van der Waals surface area (Å²) in [6.07, 6.45) is 9.50. The number of rotatable bonds is 0. The quantitative estimate of drug-likeness (QED) is 0.497. The Balaban J connectivity index is -0.0000000406. The van der Waals surface area contributed by atoms with E-state index in [-0.39, 0.29) is 21.7 Å². The number of allylic oxidation sites excluding steroid dienone is 4. The Bertz CT molecular complexity index is 72.4. The molecule has 0 bridgehead atoms. The fourth-order valence-corrected chi connectivity index (χ4v) is 0.393. The summed E-state index contributed by atoms with van der Waals surface area (Å²) in [7, 11) is 4.50. The summed E-state index contributed by atoms with van der Waals surface area (Å²) in [5.41, 5.74) is 13.5. The Hall–Kier alpha value is 0.0743. The van der Waals surface area contributed by atoms with Crippen LogP contribution in [0.15, 0.2) is 24.3 Å². The SMILES string of the molecule is C1=CCC=C1.CN.CN.CN.[Ti]. The Kier molecular flexibility index (Phi) is 82.6. The molecule has 0 aliphatic heterocycles. The first-order chi connectivity index (χ1) is 5.50. The summed E-state index contributed by atoms with van der Waals surface area (Å²) < 4.78 is 0. The predicted octanol–water partition coefficient (Wildman–Crippen LogP) is 0.225. The normalized spacial score (nSPS) is 8.83. The van der Waals surface area contributed by atoms with Crippen molar-refractivity contribution < 1.29 is 21.7 Å². The third kappa shape index (κ3) is 32.2. The Morgan fingerprint density at radius 2 is 1.00 bits per heavy atom. The van der Waals surface area contributed by atoms with Gasteiger partial charge in [0.1, 0.15) is 0 Å². The molecule has 0 saturated carbocycles. The van der Waals surface area contributed by atoms with Crippen molar-refractivity contribution in [1.29, 1.82) is 0 Å². The van der Waals surface area contributed by atoms with E-state index < -0.39 is 0 Å². The van der Waals surface area contributed by atoms with E-state index in [1.165, 1.54) is 21.1 Å². The molecule has 1 rings (SSSR count). The van der Waals surface area contributed by atoms with E-state index in [9.17, 15) is 0 Å². The van der Waals surface area contributed by atoms with Crippen LogP contribution in [0.1, 0.15) is 6.42 Å². The summed E-state index contributed by atoms with van der Waals surface area (Å²) in [6.45, 7) is 0. The van der Waals surface area contributed by atoms with Crippen LogP contribution in [0.5, 0.6) is 0 Å². The average Bonchev–Trinajstić information content (AvgIpc) is 2.71. The molecule has 0 radical (unpaired) electrons. The molecule has 3 nitrogen and oxygen atoms in total. The molecule has 1 aliphatic carbocycles. The van der Waals surface area contributed by atoms with Gasteiger partial charge in [0.15, 0.2) is 0 Å². The minimum absolute atomic E-state index is 0. The van der Waals surface area contributed by atoms with Gasteiger partial charge in [0.25, 0.3) is 0 Å². The molecule has 0 aromatic rings. The minimum Gasteiger partial charge on any atom is -0.333 e. The van der Waals surface area contributed by atoms with Crippen molar-refractivity contribution in [2.24, 2.45) is 17.2 Å². The maximum atomic E-state index is 4.50. The van der Waals surface area contributed by atoms with Crippen LogP contribution >= 0.6 is 0 Å². The Labute approximate surface area is 91.0 Å². The Morgan fingerprint density at radius 3 is 1.08 bits per heavy atom. The monoisotopic (exact) mass is 207 g/mol. The van der Waals surface area contributed by atoms with Crippen LogP contribution in [0.25, 0.3) is 0 Å². The molecule has 1 aliphatic rings. The van der Waals surface area contributed by atoms with Crippen LogP contribution in [0.3, 0.4) is 0 Å². The maximum absolute atomic E-state index is 4.50. The molecule has 72 valence electrons. The number of nitrogens with two attached hydrogens (primary N) is 3. The van der Waals surface area contributed by atoms with E-state index in [2.05, 4.69) is 41.5 Å². The van der Waals surface area contributed by atoms with Crippen LogP contribution in [-0.4, -0.2) is 21.1 Å². The molecule has 6 N–H and O–H groups in total. The zero-order valence-electron chi connectivity index (χ0n) is 8.25. The first kappa shape index (κ1) is 22.7. The van der Waals surface area contributed by atoms with Gasteiger partial charge in [-0.2, -0.15) is 0 Å². The van der Waals surface area contributed by atoms with E-state index in [1.54, 1.807) is 0 Å². The van der Waals surface area contributed by atoms with Gasteiger partial charge in [-0.15, -0.1) is 0 Å². The first-order valence-electron chi connectivity index (χ1n) is 3.55. The zero-order chi connectivity index (χ0) is 9.54. The standard InChI is InChI=1S/C5H6.3CH5N.Ti/c1-2-4-5-3-1;3*1-2;/h1-4H,5H2;3*2H2,1H3;. The van der Waals surface area contributed by atoms with E-state index in [4.69, 9.17) is 0 Å². The molecule has 4 heteroatoms. The van der Waals surface area contributed by atoms with Crippen molar-refractivity contribution in [2.75, 3.05) is 21.1 Å².